The van der Waals surface area contributed by atoms with E-state index >= 15 is 0 Å². The predicted octanol–water partition coefficient (Wildman–Crippen LogP) is 1.81. The number of hydrogen-bond acceptors (Lipinski definition) is 4. The van der Waals surface area contributed by atoms with Crippen molar-refractivity contribution >= 4 is 15.7 Å². The first-order chi connectivity index (χ1) is 10.5. The van der Waals surface area contributed by atoms with Gasteiger partial charge in [0.1, 0.15) is 5.82 Å². The largest absolute Gasteiger partial charge is 0.377 e. The molecular formula is C15H21FN2O3S. The van der Waals surface area contributed by atoms with Crippen LogP contribution in [0.5, 0.6) is 0 Å². The molecule has 0 radical (unpaired) electrons. The number of ether oxygens (including phenoxy) is 1. The van der Waals surface area contributed by atoms with Crippen molar-refractivity contribution < 1.29 is 17.5 Å². The Morgan fingerprint density at radius 1 is 1.36 bits per heavy atom. The fourth-order valence-electron chi connectivity index (χ4n) is 2.07. The van der Waals surface area contributed by atoms with Crippen LogP contribution in [0.4, 0.5) is 10.1 Å². The molecule has 1 aromatic carbocycles. The normalized spacial score (nSPS) is 15.5. The highest BCUT2D eigenvalue weighted by atomic mass is 32.2. The van der Waals surface area contributed by atoms with Crippen LogP contribution in [0.1, 0.15) is 12.0 Å². The summed E-state index contributed by atoms with van der Waals surface area (Å²) in [6, 6.07) is 4.28. The van der Waals surface area contributed by atoms with Crippen LogP contribution in [0.25, 0.3) is 0 Å². The van der Waals surface area contributed by atoms with Gasteiger partial charge in [0.05, 0.1) is 24.7 Å². The number of rotatable bonds is 7. The lowest BCUT2D eigenvalue weighted by atomic mass is 10.2. The average Bonchev–Trinajstić information content (AvgIpc) is 2.48. The maximum atomic E-state index is 13.4. The highest BCUT2D eigenvalue weighted by molar-refractivity contribution is 7.92. The third-order valence-electron chi connectivity index (χ3n) is 3.33. The fourth-order valence-corrected chi connectivity index (χ4v) is 3.08. The van der Waals surface area contributed by atoms with Crippen LogP contribution < -0.4 is 10.0 Å². The first-order valence-electron chi connectivity index (χ1n) is 7.19. The Hall–Kier alpha value is -1.44. The van der Waals surface area contributed by atoms with Gasteiger partial charge in [-0.25, -0.2) is 12.8 Å². The predicted molar refractivity (Wildman–Crippen MR) is 84.9 cm³/mol. The fraction of sp³-hybridized carbons (Fsp3) is 0.467. The zero-order valence-corrected chi connectivity index (χ0v) is 13.4. The van der Waals surface area contributed by atoms with E-state index in [-0.39, 0.29) is 11.4 Å². The first-order valence-corrected chi connectivity index (χ1v) is 8.84. The molecule has 0 fully saturated rings. The van der Waals surface area contributed by atoms with Gasteiger partial charge in [-0.05, 0) is 36.6 Å². The van der Waals surface area contributed by atoms with E-state index < -0.39 is 15.8 Å². The second kappa shape index (κ2) is 7.71. The van der Waals surface area contributed by atoms with Crippen molar-refractivity contribution in [1.29, 1.82) is 0 Å². The Labute approximate surface area is 130 Å². The Bertz CT molecular complexity index is 644. The van der Waals surface area contributed by atoms with E-state index in [2.05, 4.69) is 16.1 Å². The molecule has 5 nitrogen and oxygen atoms in total. The zero-order valence-electron chi connectivity index (χ0n) is 12.6. The van der Waals surface area contributed by atoms with E-state index in [0.29, 0.717) is 25.3 Å². The Kier molecular flexibility index (Phi) is 5.93. The molecule has 0 amide bonds. The molecule has 22 heavy (non-hydrogen) atoms. The molecule has 0 unspecified atom stereocenters. The summed E-state index contributed by atoms with van der Waals surface area (Å²) in [5.41, 5.74) is 1.86. The number of halogens is 1. The van der Waals surface area contributed by atoms with E-state index in [9.17, 15) is 12.8 Å². The molecule has 1 aliphatic heterocycles. The SMILES string of the molecule is Cc1ccc(NS(=O)(=O)CCNCC2=CCCOC2)cc1F. The van der Waals surface area contributed by atoms with Crippen molar-refractivity contribution in [3.63, 3.8) is 0 Å². The lowest BCUT2D eigenvalue weighted by Gasteiger charge is -2.14. The first kappa shape index (κ1) is 16.9. The summed E-state index contributed by atoms with van der Waals surface area (Å²) in [4.78, 5) is 0. The van der Waals surface area contributed by atoms with Gasteiger partial charge in [-0.1, -0.05) is 12.1 Å². The van der Waals surface area contributed by atoms with Gasteiger partial charge in [0.15, 0.2) is 0 Å². The lowest BCUT2D eigenvalue weighted by molar-refractivity contribution is 0.149. The summed E-state index contributed by atoms with van der Waals surface area (Å²) >= 11 is 0. The maximum Gasteiger partial charge on any atom is 0.233 e. The molecule has 2 N–H and O–H groups in total. The molecule has 0 aliphatic carbocycles. The summed E-state index contributed by atoms with van der Waals surface area (Å²) < 4.78 is 45.0. The third kappa shape index (κ3) is 5.40. The Morgan fingerprint density at radius 2 is 2.18 bits per heavy atom. The minimum Gasteiger partial charge on any atom is -0.377 e. The molecule has 0 saturated heterocycles. The van der Waals surface area contributed by atoms with Gasteiger partial charge < -0.3 is 10.1 Å². The summed E-state index contributed by atoms with van der Waals surface area (Å²) in [5, 5.41) is 3.08. The molecule has 7 heteroatoms. The van der Waals surface area contributed by atoms with Gasteiger partial charge in [-0.15, -0.1) is 0 Å². The van der Waals surface area contributed by atoms with E-state index in [1.807, 2.05) is 0 Å². The molecule has 1 aromatic rings. The smallest absolute Gasteiger partial charge is 0.233 e. The van der Waals surface area contributed by atoms with Crippen LogP contribution in [0.15, 0.2) is 29.8 Å². The van der Waals surface area contributed by atoms with Gasteiger partial charge in [0.25, 0.3) is 0 Å². The maximum absolute atomic E-state index is 13.4. The highest BCUT2D eigenvalue weighted by Crippen LogP contribution is 2.14. The summed E-state index contributed by atoms with van der Waals surface area (Å²) in [7, 11) is -3.50. The minimum absolute atomic E-state index is 0.0728. The summed E-state index contributed by atoms with van der Waals surface area (Å²) in [6.45, 7) is 3.91. The lowest BCUT2D eigenvalue weighted by Crippen LogP contribution is -2.29. The molecule has 0 atom stereocenters. The van der Waals surface area contributed by atoms with Crippen LogP contribution in [-0.2, 0) is 14.8 Å². The van der Waals surface area contributed by atoms with E-state index in [0.717, 1.165) is 18.6 Å². The standard InChI is InChI=1S/C15H21FN2O3S/c1-12-4-5-14(9-15(12)16)18-22(19,20)8-6-17-10-13-3-2-7-21-11-13/h3-5,9,17-18H,2,6-8,10-11H2,1H3. The van der Waals surface area contributed by atoms with Crippen molar-refractivity contribution in [3.05, 3.63) is 41.2 Å². The number of hydrogen-bond donors (Lipinski definition) is 2. The van der Waals surface area contributed by atoms with Gasteiger partial charge in [0, 0.05) is 13.1 Å². The number of nitrogens with one attached hydrogen (secondary N) is 2. The molecule has 0 bridgehead atoms. The van der Waals surface area contributed by atoms with Crippen molar-refractivity contribution in [2.75, 3.05) is 36.8 Å². The van der Waals surface area contributed by atoms with Crippen LogP contribution in [0.2, 0.25) is 0 Å². The second-order valence-corrected chi connectivity index (χ2v) is 7.11. The highest BCUT2D eigenvalue weighted by Gasteiger charge is 2.11. The van der Waals surface area contributed by atoms with Crippen molar-refractivity contribution in [2.24, 2.45) is 0 Å². The molecule has 1 heterocycles. The molecule has 1 aliphatic rings. The Morgan fingerprint density at radius 3 is 2.86 bits per heavy atom. The average molecular weight is 328 g/mol. The summed E-state index contributed by atoms with van der Waals surface area (Å²) in [6.07, 6.45) is 3.01. The molecule has 0 spiro atoms. The van der Waals surface area contributed by atoms with Gasteiger partial charge in [-0.2, -0.15) is 0 Å². The van der Waals surface area contributed by atoms with E-state index in [1.54, 1.807) is 19.1 Å². The number of aryl methyl sites for hydroxylation is 1. The third-order valence-corrected chi connectivity index (χ3v) is 4.62. The van der Waals surface area contributed by atoms with Gasteiger partial charge in [0.2, 0.25) is 10.0 Å². The minimum atomic E-state index is -3.50. The zero-order chi connectivity index (χ0) is 16.0. The Balaban J connectivity index is 1.78. The quantitative estimate of drug-likeness (QED) is 0.592. The molecule has 2 rings (SSSR count). The van der Waals surface area contributed by atoms with Crippen molar-refractivity contribution in [1.82, 2.24) is 5.32 Å². The van der Waals surface area contributed by atoms with Crippen molar-refractivity contribution in [2.45, 2.75) is 13.3 Å². The molecule has 122 valence electrons. The van der Waals surface area contributed by atoms with Crippen LogP contribution >= 0.6 is 0 Å². The van der Waals surface area contributed by atoms with Gasteiger partial charge in [-0.3, -0.25) is 4.72 Å². The van der Waals surface area contributed by atoms with Crippen LogP contribution in [0, 0.1) is 12.7 Å². The number of benzene rings is 1. The monoisotopic (exact) mass is 328 g/mol. The molecular weight excluding hydrogens is 307 g/mol. The number of sulfonamides is 1. The second-order valence-electron chi connectivity index (χ2n) is 5.27. The molecule has 0 saturated carbocycles. The summed E-state index contributed by atoms with van der Waals surface area (Å²) in [5.74, 6) is -0.501. The van der Waals surface area contributed by atoms with E-state index in [1.165, 1.54) is 6.07 Å². The topological polar surface area (TPSA) is 67.4 Å². The molecule has 0 aromatic heterocycles. The van der Waals surface area contributed by atoms with Gasteiger partial charge >= 0.3 is 0 Å². The van der Waals surface area contributed by atoms with Crippen LogP contribution in [0.3, 0.4) is 0 Å². The van der Waals surface area contributed by atoms with Crippen molar-refractivity contribution in [3.8, 4) is 0 Å². The van der Waals surface area contributed by atoms with Crippen LogP contribution in [-0.4, -0.2) is 40.5 Å². The number of anilines is 1. The van der Waals surface area contributed by atoms with E-state index in [4.69, 9.17) is 4.74 Å².